The zero-order valence-electron chi connectivity index (χ0n) is 11.7. The number of hydrogen-bond acceptors (Lipinski definition) is 2. The molecule has 2 aromatic rings. The van der Waals surface area contributed by atoms with E-state index in [4.69, 9.17) is 5.73 Å². The molecule has 0 aliphatic rings. The van der Waals surface area contributed by atoms with Crippen molar-refractivity contribution in [3.05, 3.63) is 54.6 Å². The lowest BCUT2D eigenvalue weighted by Gasteiger charge is -2.23. The summed E-state index contributed by atoms with van der Waals surface area (Å²) in [6.07, 6.45) is 0.960. The largest absolute Gasteiger partial charge is 0.383 e. The fraction of sp³-hybridized carbons (Fsp3) is 0.294. The smallest absolute Gasteiger partial charge is 0.0341 e. The molecule has 0 aliphatic heterocycles. The van der Waals surface area contributed by atoms with E-state index < -0.39 is 0 Å². The SMILES string of the molecule is CCC(C)(N)CNc1ccc(-c2ccccc2)cc1. The molecule has 0 bridgehead atoms. The van der Waals surface area contributed by atoms with Gasteiger partial charge in [0.2, 0.25) is 0 Å². The average molecular weight is 254 g/mol. The maximum Gasteiger partial charge on any atom is 0.0341 e. The number of benzene rings is 2. The van der Waals surface area contributed by atoms with Gasteiger partial charge in [0.1, 0.15) is 0 Å². The number of nitrogens with two attached hydrogens (primary N) is 1. The molecule has 0 radical (unpaired) electrons. The van der Waals surface area contributed by atoms with E-state index in [0.717, 1.165) is 18.7 Å². The van der Waals surface area contributed by atoms with Gasteiger partial charge in [-0.2, -0.15) is 0 Å². The van der Waals surface area contributed by atoms with Crippen LogP contribution in [0.25, 0.3) is 11.1 Å². The lowest BCUT2D eigenvalue weighted by molar-refractivity contribution is 0.478. The highest BCUT2D eigenvalue weighted by Crippen LogP contribution is 2.21. The quantitative estimate of drug-likeness (QED) is 0.849. The topological polar surface area (TPSA) is 38.0 Å². The van der Waals surface area contributed by atoms with E-state index in [-0.39, 0.29) is 5.54 Å². The second-order valence-corrected chi connectivity index (χ2v) is 5.30. The van der Waals surface area contributed by atoms with Crippen molar-refractivity contribution < 1.29 is 0 Å². The summed E-state index contributed by atoms with van der Waals surface area (Å²) in [5.74, 6) is 0. The molecule has 2 nitrogen and oxygen atoms in total. The Bertz CT molecular complexity index is 501. The molecule has 0 aromatic heterocycles. The summed E-state index contributed by atoms with van der Waals surface area (Å²) in [4.78, 5) is 0. The molecule has 1 atom stereocenters. The van der Waals surface area contributed by atoms with Crippen LogP contribution in [0.1, 0.15) is 20.3 Å². The summed E-state index contributed by atoms with van der Waals surface area (Å²) >= 11 is 0. The summed E-state index contributed by atoms with van der Waals surface area (Å²) in [6, 6.07) is 18.9. The van der Waals surface area contributed by atoms with Gasteiger partial charge in [-0.15, -0.1) is 0 Å². The van der Waals surface area contributed by atoms with Crippen LogP contribution in [0, 0.1) is 0 Å². The van der Waals surface area contributed by atoms with Gasteiger partial charge in [0.15, 0.2) is 0 Å². The first-order valence-electron chi connectivity index (χ1n) is 6.79. The highest BCUT2D eigenvalue weighted by atomic mass is 14.9. The Balaban J connectivity index is 2.03. The van der Waals surface area contributed by atoms with Crippen LogP contribution in [0.2, 0.25) is 0 Å². The second kappa shape index (κ2) is 5.89. The third-order valence-electron chi connectivity index (χ3n) is 3.50. The van der Waals surface area contributed by atoms with Crippen LogP contribution >= 0.6 is 0 Å². The molecule has 3 N–H and O–H groups in total. The summed E-state index contributed by atoms with van der Waals surface area (Å²) in [6.45, 7) is 4.96. The van der Waals surface area contributed by atoms with E-state index in [1.807, 2.05) is 6.07 Å². The maximum atomic E-state index is 6.12. The molecule has 19 heavy (non-hydrogen) atoms. The predicted molar refractivity (Wildman–Crippen MR) is 83.3 cm³/mol. The standard InChI is InChI=1S/C17H22N2/c1-3-17(2,18)13-19-16-11-9-15(10-12-16)14-7-5-4-6-8-14/h4-12,19H,3,13,18H2,1-2H3. The zero-order valence-corrected chi connectivity index (χ0v) is 11.7. The number of nitrogens with one attached hydrogen (secondary N) is 1. The summed E-state index contributed by atoms with van der Waals surface area (Å²) in [5, 5.41) is 3.39. The van der Waals surface area contributed by atoms with Gasteiger partial charge in [-0.1, -0.05) is 49.4 Å². The van der Waals surface area contributed by atoms with Gasteiger partial charge in [-0.05, 0) is 36.6 Å². The van der Waals surface area contributed by atoms with Crippen LogP contribution in [-0.4, -0.2) is 12.1 Å². The van der Waals surface area contributed by atoms with Crippen LogP contribution in [0.3, 0.4) is 0 Å². The summed E-state index contributed by atoms with van der Waals surface area (Å²) < 4.78 is 0. The van der Waals surface area contributed by atoms with E-state index in [1.165, 1.54) is 11.1 Å². The fourth-order valence-electron chi connectivity index (χ4n) is 1.84. The van der Waals surface area contributed by atoms with Gasteiger partial charge in [-0.25, -0.2) is 0 Å². The molecule has 1 unspecified atom stereocenters. The zero-order chi connectivity index (χ0) is 13.7. The van der Waals surface area contributed by atoms with Gasteiger partial charge in [0, 0.05) is 17.8 Å². The van der Waals surface area contributed by atoms with Crippen LogP contribution in [0.5, 0.6) is 0 Å². The maximum absolute atomic E-state index is 6.12. The highest BCUT2D eigenvalue weighted by Gasteiger charge is 2.14. The molecule has 0 saturated carbocycles. The van der Waals surface area contributed by atoms with Crippen molar-refractivity contribution in [1.82, 2.24) is 0 Å². The molecule has 2 heteroatoms. The Hall–Kier alpha value is -1.80. The van der Waals surface area contributed by atoms with Gasteiger partial charge in [-0.3, -0.25) is 0 Å². The van der Waals surface area contributed by atoms with Crippen molar-refractivity contribution in [3.8, 4) is 11.1 Å². The lowest BCUT2D eigenvalue weighted by Crippen LogP contribution is -2.42. The number of rotatable bonds is 5. The summed E-state index contributed by atoms with van der Waals surface area (Å²) in [5.41, 5.74) is 9.56. The third kappa shape index (κ3) is 3.83. The van der Waals surface area contributed by atoms with Crippen LogP contribution in [0.15, 0.2) is 54.6 Å². The van der Waals surface area contributed by atoms with Gasteiger partial charge in [0.05, 0.1) is 0 Å². The fourth-order valence-corrected chi connectivity index (χ4v) is 1.84. The minimum absolute atomic E-state index is 0.155. The van der Waals surface area contributed by atoms with E-state index in [2.05, 4.69) is 67.7 Å². The van der Waals surface area contributed by atoms with Crippen molar-refractivity contribution in [2.75, 3.05) is 11.9 Å². The monoisotopic (exact) mass is 254 g/mol. The van der Waals surface area contributed by atoms with Crippen molar-refractivity contribution >= 4 is 5.69 Å². The van der Waals surface area contributed by atoms with E-state index in [9.17, 15) is 0 Å². The van der Waals surface area contributed by atoms with Crippen LogP contribution in [0.4, 0.5) is 5.69 Å². The Labute approximate surface area is 115 Å². The van der Waals surface area contributed by atoms with Crippen molar-refractivity contribution in [3.63, 3.8) is 0 Å². The first-order valence-corrected chi connectivity index (χ1v) is 6.79. The predicted octanol–water partition coefficient (Wildman–Crippen LogP) is 3.89. The van der Waals surface area contributed by atoms with Crippen LogP contribution in [-0.2, 0) is 0 Å². The molecule has 2 rings (SSSR count). The van der Waals surface area contributed by atoms with Gasteiger partial charge < -0.3 is 11.1 Å². The number of hydrogen-bond donors (Lipinski definition) is 2. The van der Waals surface area contributed by atoms with Crippen molar-refractivity contribution in [1.29, 1.82) is 0 Å². The molecule has 0 spiro atoms. The van der Waals surface area contributed by atoms with E-state index >= 15 is 0 Å². The molecule has 0 amide bonds. The molecule has 0 fully saturated rings. The lowest BCUT2D eigenvalue weighted by atomic mass is 10.0. The molecule has 0 saturated heterocycles. The molecule has 0 heterocycles. The number of anilines is 1. The first kappa shape index (κ1) is 13.6. The minimum atomic E-state index is -0.155. The summed E-state index contributed by atoms with van der Waals surface area (Å²) in [7, 11) is 0. The molecular formula is C17H22N2. The Morgan fingerprint density at radius 2 is 1.53 bits per heavy atom. The molecule has 0 aliphatic carbocycles. The average Bonchev–Trinajstić information content (AvgIpc) is 2.47. The Morgan fingerprint density at radius 1 is 0.947 bits per heavy atom. The molecular weight excluding hydrogens is 232 g/mol. The van der Waals surface area contributed by atoms with Gasteiger partial charge >= 0.3 is 0 Å². The second-order valence-electron chi connectivity index (χ2n) is 5.30. The third-order valence-corrected chi connectivity index (χ3v) is 3.50. The minimum Gasteiger partial charge on any atom is -0.383 e. The molecule has 100 valence electrons. The van der Waals surface area contributed by atoms with Crippen LogP contribution < -0.4 is 11.1 Å². The highest BCUT2D eigenvalue weighted by molar-refractivity contribution is 5.65. The first-order chi connectivity index (χ1) is 9.11. The van der Waals surface area contributed by atoms with Gasteiger partial charge in [0.25, 0.3) is 0 Å². The normalized spacial score (nSPS) is 13.8. The van der Waals surface area contributed by atoms with E-state index in [1.54, 1.807) is 0 Å². The Morgan fingerprint density at radius 3 is 2.11 bits per heavy atom. The van der Waals surface area contributed by atoms with Crippen molar-refractivity contribution in [2.45, 2.75) is 25.8 Å². The Kier molecular flexibility index (Phi) is 4.23. The molecule has 2 aromatic carbocycles. The van der Waals surface area contributed by atoms with E-state index in [0.29, 0.717) is 0 Å². The van der Waals surface area contributed by atoms with Crippen molar-refractivity contribution in [2.24, 2.45) is 5.73 Å².